The van der Waals surface area contributed by atoms with Crippen LogP contribution in [0.1, 0.15) is 24.6 Å². The van der Waals surface area contributed by atoms with Crippen LogP contribution in [0.5, 0.6) is 0 Å². The number of piperazine rings is 1. The summed E-state index contributed by atoms with van der Waals surface area (Å²) in [6.07, 6.45) is 1.20. The van der Waals surface area contributed by atoms with Crippen LogP contribution in [0, 0.1) is 6.92 Å². The summed E-state index contributed by atoms with van der Waals surface area (Å²) >= 11 is 0. The Morgan fingerprint density at radius 3 is 2.68 bits per heavy atom. The van der Waals surface area contributed by atoms with Crippen LogP contribution in [0.15, 0.2) is 0 Å². The molecule has 108 valence electrons. The molecule has 1 saturated heterocycles. The summed E-state index contributed by atoms with van der Waals surface area (Å²) in [5, 5.41) is 7.86. The van der Waals surface area contributed by atoms with Crippen LogP contribution < -0.4 is 10.2 Å². The first-order valence-corrected chi connectivity index (χ1v) is 7.20. The van der Waals surface area contributed by atoms with Gasteiger partial charge >= 0.3 is 0 Å². The third kappa shape index (κ3) is 2.77. The van der Waals surface area contributed by atoms with Gasteiger partial charge in [-0.15, -0.1) is 0 Å². The highest BCUT2D eigenvalue weighted by Gasteiger charge is 2.27. The number of anilines is 1. The van der Waals surface area contributed by atoms with Crippen LogP contribution in [0.25, 0.3) is 0 Å². The average Bonchev–Trinajstić information content (AvgIpc) is 2.66. The Bertz CT molecular complexity index is 426. The Morgan fingerprint density at radius 2 is 2.05 bits per heavy atom. The molecule has 0 spiro atoms. The molecule has 0 amide bonds. The molecule has 0 radical (unpaired) electrons. The van der Waals surface area contributed by atoms with Gasteiger partial charge in [0.15, 0.2) is 0 Å². The van der Waals surface area contributed by atoms with E-state index in [-0.39, 0.29) is 0 Å². The summed E-state index contributed by atoms with van der Waals surface area (Å²) in [5.41, 5.74) is 2.48. The molecule has 0 aliphatic carbocycles. The van der Waals surface area contributed by atoms with Crippen molar-refractivity contribution in [2.45, 2.75) is 32.9 Å². The molecule has 5 heteroatoms. The van der Waals surface area contributed by atoms with Gasteiger partial charge in [0.1, 0.15) is 5.82 Å². The molecule has 1 atom stereocenters. The third-order valence-electron chi connectivity index (χ3n) is 4.21. The second kappa shape index (κ2) is 5.92. The summed E-state index contributed by atoms with van der Waals surface area (Å²) in [4.78, 5) is 4.97. The van der Waals surface area contributed by atoms with Crippen molar-refractivity contribution in [3.8, 4) is 0 Å². The van der Waals surface area contributed by atoms with Crippen molar-refractivity contribution in [1.29, 1.82) is 0 Å². The summed E-state index contributed by atoms with van der Waals surface area (Å²) in [7, 11) is 6.28. The van der Waals surface area contributed by atoms with Gasteiger partial charge in [-0.1, -0.05) is 6.92 Å². The monoisotopic (exact) mass is 265 g/mol. The van der Waals surface area contributed by atoms with Gasteiger partial charge in [0.25, 0.3) is 0 Å². The zero-order chi connectivity index (χ0) is 14.0. The summed E-state index contributed by atoms with van der Waals surface area (Å²) in [6, 6.07) is 0.645. The van der Waals surface area contributed by atoms with Gasteiger partial charge in [-0.05, 0) is 27.4 Å². The largest absolute Gasteiger partial charge is 0.354 e. The van der Waals surface area contributed by atoms with Crippen LogP contribution in [0.4, 0.5) is 5.82 Å². The predicted molar refractivity (Wildman–Crippen MR) is 79.6 cm³/mol. The summed E-state index contributed by atoms with van der Waals surface area (Å²) < 4.78 is 2.04. The second-order valence-electron chi connectivity index (χ2n) is 5.53. The van der Waals surface area contributed by atoms with Gasteiger partial charge < -0.3 is 10.2 Å². The minimum Gasteiger partial charge on any atom is -0.354 e. The van der Waals surface area contributed by atoms with Crippen LogP contribution in [0.3, 0.4) is 0 Å². The van der Waals surface area contributed by atoms with E-state index in [0.29, 0.717) is 6.04 Å². The molecule has 0 bridgehead atoms. The number of hydrogen-bond acceptors (Lipinski definition) is 4. The average molecular weight is 265 g/mol. The van der Waals surface area contributed by atoms with Crippen LogP contribution in [0.2, 0.25) is 0 Å². The molecule has 1 fully saturated rings. The minimum atomic E-state index is 0.645. The van der Waals surface area contributed by atoms with E-state index in [1.165, 1.54) is 17.8 Å². The van der Waals surface area contributed by atoms with E-state index in [1.807, 2.05) is 11.7 Å². The molecule has 19 heavy (non-hydrogen) atoms. The number of rotatable bonds is 4. The molecule has 2 heterocycles. The van der Waals surface area contributed by atoms with Gasteiger partial charge in [-0.25, -0.2) is 0 Å². The zero-order valence-electron chi connectivity index (χ0n) is 12.9. The van der Waals surface area contributed by atoms with Crippen LogP contribution in [-0.4, -0.2) is 54.5 Å². The molecule has 0 saturated carbocycles. The molecule has 1 N–H and O–H groups in total. The van der Waals surface area contributed by atoms with Crippen molar-refractivity contribution >= 4 is 5.82 Å². The Morgan fingerprint density at radius 1 is 1.32 bits per heavy atom. The third-order valence-corrected chi connectivity index (χ3v) is 4.21. The number of aryl methyl sites for hydroxylation is 2. The molecular weight excluding hydrogens is 238 g/mol. The number of nitrogens with one attached hydrogen (secondary N) is 1. The van der Waals surface area contributed by atoms with E-state index >= 15 is 0 Å². The van der Waals surface area contributed by atoms with Gasteiger partial charge in [0.2, 0.25) is 0 Å². The minimum absolute atomic E-state index is 0.645. The lowest BCUT2D eigenvalue weighted by Crippen LogP contribution is -2.52. The van der Waals surface area contributed by atoms with Gasteiger partial charge in [0, 0.05) is 44.8 Å². The lowest BCUT2D eigenvalue weighted by Gasteiger charge is -2.40. The fourth-order valence-electron chi connectivity index (χ4n) is 3.05. The van der Waals surface area contributed by atoms with Crippen molar-refractivity contribution in [1.82, 2.24) is 20.0 Å². The number of nitrogens with zero attached hydrogens (tertiary/aromatic N) is 4. The maximum atomic E-state index is 4.60. The molecule has 1 aromatic rings. The highest BCUT2D eigenvalue weighted by molar-refractivity contribution is 5.50. The van der Waals surface area contributed by atoms with Crippen molar-refractivity contribution in [2.24, 2.45) is 7.05 Å². The first-order chi connectivity index (χ1) is 9.08. The molecule has 5 nitrogen and oxygen atoms in total. The lowest BCUT2D eigenvalue weighted by molar-refractivity contribution is 0.212. The Labute approximate surface area is 116 Å². The zero-order valence-corrected chi connectivity index (χ0v) is 12.9. The first kappa shape index (κ1) is 14.3. The summed E-state index contributed by atoms with van der Waals surface area (Å²) in [6.45, 7) is 8.57. The molecule has 1 aliphatic rings. The first-order valence-electron chi connectivity index (χ1n) is 7.20. The van der Waals surface area contributed by atoms with Crippen LogP contribution in [-0.2, 0) is 13.6 Å². The number of likely N-dealkylation sites (N-methyl/N-ethyl adjacent to an activating group) is 1. The van der Waals surface area contributed by atoms with E-state index in [2.05, 4.69) is 48.2 Å². The van der Waals surface area contributed by atoms with Crippen molar-refractivity contribution in [2.75, 3.05) is 38.6 Å². The molecular formula is C14H27N5. The highest BCUT2D eigenvalue weighted by atomic mass is 15.4. The van der Waals surface area contributed by atoms with Gasteiger partial charge in [0.05, 0.1) is 5.69 Å². The smallest absolute Gasteiger partial charge is 0.131 e. The van der Waals surface area contributed by atoms with E-state index < -0.39 is 0 Å². The number of hydrogen-bond donors (Lipinski definition) is 1. The second-order valence-corrected chi connectivity index (χ2v) is 5.53. The normalized spacial score (nSPS) is 21.1. The maximum Gasteiger partial charge on any atom is 0.131 e. The van der Waals surface area contributed by atoms with E-state index in [4.69, 9.17) is 0 Å². The maximum absolute atomic E-state index is 4.60. The predicted octanol–water partition coefficient (Wildman–Crippen LogP) is 0.978. The molecule has 1 aromatic heterocycles. The molecule has 0 aromatic carbocycles. The van der Waals surface area contributed by atoms with E-state index in [1.54, 1.807) is 0 Å². The standard InChI is InChI=1S/C14H27N5/c1-6-12-10-19(8-7-17(12)4)14-13(9-15-3)11(2)16-18(14)5/h12,15H,6-10H2,1-5H3. The topological polar surface area (TPSA) is 36.3 Å². The molecule has 1 aliphatic heterocycles. The fraction of sp³-hybridized carbons (Fsp3) is 0.786. The Kier molecular flexibility index (Phi) is 4.47. The van der Waals surface area contributed by atoms with Crippen molar-refractivity contribution in [3.05, 3.63) is 11.3 Å². The quantitative estimate of drug-likeness (QED) is 0.880. The lowest BCUT2D eigenvalue weighted by atomic mass is 10.1. The van der Waals surface area contributed by atoms with E-state index in [9.17, 15) is 0 Å². The SMILES string of the molecule is CCC1CN(c2c(CNC)c(C)nn2C)CCN1C. The molecule has 1 unspecified atom stereocenters. The van der Waals surface area contributed by atoms with Gasteiger partial charge in [-0.3, -0.25) is 9.58 Å². The van der Waals surface area contributed by atoms with Crippen LogP contribution >= 0.6 is 0 Å². The fourth-order valence-corrected chi connectivity index (χ4v) is 3.05. The highest BCUT2D eigenvalue weighted by Crippen LogP contribution is 2.25. The van der Waals surface area contributed by atoms with Crippen molar-refractivity contribution in [3.63, 3.8) is 0 Å². The Balaban J connectivity index is 2.26. The van der Waals surface area contributed by atoms with Crippen molar-refractivity contribution < 1.29 is 0 Å². The summed E-state index contributed by atoms with van der Waals surface area (Å²) in [5.74, 6) is 1.29. The van der Waals surface area contributed by atoms with Gasteiger partial charge in [-0.2, -0.15) is 5.10 Å². The molecule has 2 rings (SSSR count). The van der Waals surface area contributed by atoms with E-state index in [0.717, 1.165) is 31.9 Å². The number of aromatic nitrogens is 2. The Hall–Kier alpha value is -1.07.